The van der Waals surface area contributed by atoms with Crippen molar-refractivity contribution in [2.45, 2.75) is 44.9 Å². The van der Waals surface area contributed by atoms with Crippen LogP contribution in [-0.2, 0) is 20.8 Å². The molecule has 3 heterocycles. The number of hydrogen-bond donors (Lipinski definition) is 0. The van der Waals surface area contributed by atoms with Gasteiger partial charge in [-0.3, -0.25) is 9.59 Å². The lowest BCUT2D eigenvalue weighted by molar-refractivity contribution is -0.139. The summed E-state index contributed by atoms with van der Waals surface area (Å²) in [5.41, 5.74) is -0.597. The Bertz CT molecular complexity index is 645. The first kappa shape index (κ1) is 17.1. The van der Waals surface area contributed by atoms with Crippen molar-refractivity contribution in [1.29, 1.82) is 0 Å². The van der Waals surface area contributed by atoms with Crippen LogP contribution < -0.4 is 5.56 Å². The number of amides is 1. The minimum Gasteiger partial charge on any atom is -0.377 e. The van der Waals surface area contributed by atoms with Gasteiger partial charge in [0, 0.05) is 24.7 Å². The van der Waals surface area contributed by atoms with Gasteiger partial charge in [0.05, 0.1) is 32.4 Å². The van der Waals surface area contributed by atoms with Crippen LogP contribution in [0.1, 0.15) is 26.7 Å². The van der Waals surface area contributed by atoms with E-state index in [1.165, 1.54) is 10.7 Å². The van der Waals surface area contributed by atoms with Gasteiger partial charge in [0.1, 0.15) is 5.60 Å². The molecule has 7 nitrogen and oxygen atoms in total. The van der Waals surface area contributed by atoms with E-state index in [0.29, 0.717) is 32.8 Å². The first-order valence-corrected chi connectivity index (χ1v) is 8.56. The second kappa shape index (κ2) is 7.03. The molecule has 0 aliphatic carbocycles. The lowest BCUT2D eigenvalue weighted by Gasteiger charge is -2.32. The Morgan fingerprint density at radius 1 is 1.50 bits per heavy atom. The van der Waals surface area contributed by atoms with E-state index in [1.807, 2.05) is 18.7 Å². The average molecular weight is 335 g/mol. The van der Waals surface area contributed by atoms with Gasteiger partial charge in [-0.05, 0) is 18.9 Å². The number of ether oxygens (including phenoxy) is 2. The maximum Gasteiger partial charge on any atom is 0.266 e. The van der Waals surface area contributed by atoms with Gasteiger partial charge in [-0.25, -0.2) is 4.68 Å². The van der Waals surface area contributed by atoms with E-state index in [1.54, 1.807) is 12.3 Å². The average Bonchev–Trinajstić information content (AvgIpc) is 2.82. The van der Waals surface area contributed by atoms with Gasteiger partial charge in [-0.15, -0.1) is 0 Å². The Labute approximate surface area is 141 Å². The van der Waals surface area contributed by atoms with Crippen molar-refractivity contribution >= 4 is 5.91 Å². The zero-order valence-corrected chi connectivity index (χ0v) is 14.3. The summed E-state index contributed by atoms with van der Waals surface area (Å²) in [6.07, 6.45) is 3.16. The van der Waals surface area contributed by atoms with Crippen LogP contribution in [0.5, 0.6) is 0 Å². The molecule has 1 aromatic rings. The van der Waals surface area contributed by atoms with Crippen molar-refractivity contribution < 1.29 is 14.3 Å². The van der Waals surface area contributed by atoms with Crippen molar-refractivity contribution in [1.82, 2.24) is 14.7 Å². The third-order valence-corrected chi connectivity index (χ3v) is 4.66. The van der Waals surface area contributed by atoms with Crippen LogP contribution in [0.4, 0.5) is 0 Å². The highest BCUT2D eigenvalue weighted by Gasteiger charge is 2.44. The van der Waals surface area contributed by atoms with E-state index < -0.39 is 5.60 Å². The van der Waals surface area contributed by atoms with Crippen LogP contribution in [-0.4, -0.2) is 58.6 Å². The summed E-state index contributed by atoms with van der Waals surface area (Å²) >= 11 is 0. The molecular formula is C17H25N3O4. The molecule has 0 aromatic carbocycles. The summed E-state index contributed by atoms with van der Waals surface area (Å²) in [6, 6.07) is 3.12. The molecule has 0 saturated carbocycles. The smallest absolute Gasteiger partial charge is 0.266 e. The van der Waals surface area contributed by atoms with Crippen LogP contribution in [0.25, 0.3) is 0 Å². The Hall–Kier alpha value is -1.73. The molecule has 2 aliphatic rings. The normalized spacial score (nSPS) is 27.6. The van der Waals surface area contributed by atoms with Gasteiger partial charge in [0.2, 0.25) is 5.91 Å². The monoisotopic (exact) mass is 335 g/mol. The zero-order valence-electron chi connectivity index (χ0n) is 14.3. The van der Waals surface area contributed by atoms with E-state index in [9.17, 15) is 9.59 Å². The second-order valence-electron chi connectivity index (χ2n) is 6.97. The fourth-order valence-corrected chi connectivity index (χ4v) is 3.42. The minimum absolute atomic E-state index is 0.0376. The SMILES string of the molecule is CC(C)C(=O)N1CCOC[C@@]2(CC[C@H](Cn3ncccc3=O)O2)C1. The van der Waals surface area contributed by atoms with Crippen molar-refractivity contribution in [3.63, 3.8) is 0 Å². The van der Waals surface area contributed by atoms with Crippen molar-refractivity contribution in [3.8, 4) is 0 Å². The lowest BCUT2D eigenvalue weighted by atomic mass is 9.99. The summed E-state index contributed by atoms with van der Waals surface area (Å²) < 4.78 is 13.4. The van der Waals surface area contributed by atoms with Crippen LogP contribution in [0.2, 0.25) is 0 Å². The summed E-state index contributed by atoms with van der Waals surface area (Å²) in [4.78, 5) is 26.0. The molecule has 2 aliphatic heterocycles. The maximum atomic E-state index is 12.4. The molecular weight excluding hydrogens is 310 g/mol. The van der Waals surface area contributed by atoms with Crippen molar-refractivity contribution in [3.05, 3.63) is 28.7 Å². The highest BCUT2D eigenvalue weighted by atomic mass is 16.6. The summed E-state index contributed by atoms with van der Waals surface area (Å²) in [6.45, 7) is 6.43. The second-order valence-corrected chi connectivity index (χ2v) is 6.97. The number of carbonyl (C=O) groups is 1. The topological polar surface area (TPSA) is 73.7 Å². The molecule has 0 bridgehead atoms. The zero-order chi connectivity index (χ0) is 17.2. The molecule has 1 amide bonds. The summed E-state index contributed by atoms with van der Waals surface area (Å²) in [5, 5.41) is 4.09. The maximum absolute atomic E-state index is 12.4. The molecule has 0 radical (unpaired) electrons. The fourth-order valence-electron chi connectivity index (χ4n) is 3.42. The predicted molar refractivity (Wildman–Crippen MR) is 87.6 cm³/mol. The van der Waals surface area contributed by atoms with Crippen LogP contribution >= 0.6 is 0 Å². The van der Waals surface area contributed by atoms with Crippen LogP contribution in [0, 0.1) is 5.92 Å². The molecule has 2 fully saturated rings. The standard InChI is InChI=1S/C17H25N3O4/c1-13(2)16(22)19-8-9-23-12-17(11-19)6-5-14(24-17)10-20-15(21)4-3-7-18-20/h3-4,7,13-14H,5-6,8-12H2,1-2H3/t14-,17-/m1/s1. The molecule has 132 valence electrons. The predicted octanol–water partition coefficient (Wildman–Crippen LogP) is 0.676. The molecule has 24 heavy (non-hydrogen) atoms. The number of hydrogen-bond acceptors (Lipinski definition) is 5. The third-order valence-electron chi connectivity index (χ3n) is 4.66. The molecule has 1 aromatic heterocycles. The molecule has 7 heteroatoms. The van der Waals surface area contributed by atoms with Crippen LogP contribution in [0.3, 0.4) is 0 Å². The van der Waals surface area contributed by atoms with Gasteiger partial charge in [0.25, 0.3) is 5.56 Å². The van der Waals surface area contributed by atoms with Gasteiger partial charge >= 0.3 is 0 Å². The lowest BCUT2D eigenvalue weighted by Crippen LogP contribution is -2.48. The van der Waals surface area contributed by atoms with Crippen LogP contribution in [0.15, 0.2) is 23.1 Å². The molecule has 1 spiro atoms. The minimum atomic E-state index is -0.468. The summed E-state index contributed by atoms with van der Waals surface area (Å²) in [7, 11) is 0. The van der Waals surface area contributed by atoms with E-state index in [4.69, 9.17) is 9.47 Å². The Balaban J connectivity index is 1.69. The highest BCUT2D eigenvalue weighted by molar-refractivity contribution is 5.78. The van der Waals surface area contributed by atoms with E-state index in [-0.39, 0.29) is 23.5 Å². The quantitative estimate of drug-likeness (QED) is 0.812. The van der Waals surface area contributed by atoms with Crippen molar-refractivity contribution in [2.24, 2.45) is 5.92 Å². The number of carbonyl (C=O) groups excluding carboxylic acids is 1. The number of nitrogens with zero attached hydrogens (tertiary/aromatic N) is 3. The Morgan fingerprint density at radius 3 is 3.08 bits per heavy atom. The van der Waals surface area contributed by atoms with Crippen molar-refractivity contribution in [2.75, 3.05) is 26.3 Å². The van der Waals surface area contributed by atoms with E-state index in [0.717, 1.165) is 12.8 Å². The first-order valence-electron chi connectivity index (χ1n) is 8.56. The Morgan fingerprint density at radius 2 is 2.33 bits per heavy atom. The highest BCUT2D eigenvalue weighted by Crippen LogP contribution is 2.33. The molecule has 2 saturated heterocycles. The van der Waals surface area contributed by atoms with E-state index in [2.05, 4.69) is 5.10 Å². The number of aromatic nitrogens is 2. The molecule has 0 N–H and O–H groups in total. The Kier molecular flexibility index (Phi) is 5.01. The summed E-state index contributed by atoms with van der Waals surface area (Å²) in [5.74, 6) is 0.0947. The van der Waals surface area contributed by atoms with Gasteiger partial charge in [-0.1, -0.05) is 13.8 Å². The first-order chi connectivity index (χ1) is 11.5. The fraction of sp³-hybridized carbons (Fsp3) is 0.706. The molecule has 0 unspecified atom stereocenters. The van der Waals surface area contributed by atoms with Gasteiger partial charge < -0.3 is 14.4 Å². The van der Waals surface area contributed by atoms with E-state index >= 15 is 0 Å². The van der Waals surface area contributed by atoms with Gasteiger partial charge in [-0.2, -0.15) is 5.10 Å². The third kappa shape index (κ3) is 3.67. The van der Waals surface area contributed by atoms with Gasteiger partial charge in [0.15, 0.2) is 0 Å². The largest absolute Gasteiger partial charge is 0.377 e. The molecule has 2 atom stereocenters. The number of rotatable bonds is 3. The molecule has 3 rings (SSSR count).